The smallest absolute Gasteiger partial charge is 0.260 e. The number of amides is 1. The summed E-state index contributed by atoms with van der Waals surface area (Å²) in [5.41, 5.74) is 9.57. The van der Waals surface area contributed by atoms with E-state index in [2.05, 4.69) is 18.7 Å². The third-order valence-corrected chi connectivity index (χ3v) is 5.65. The Morgan fingerprint density at radius 1 is 1.10 bits per heavy atom. The Morgan fingerprint density at radius 3 is 2.48 bits per heavy atom. The van der Waals surface area contributed by atoms with E-state index in [0.29, 0.717) is 12.3 Å². The number of nitrogen functional groups attached to an aromatic ring is 1. The Bertz CT molecular complexity index is 869. The molecule has 3 rings (SSSR count). The first-order valence-electron chi connectivity index (χ1n) is 10.0. The molecule has 5 nitrogen and oxygen atoms in total. The van der Waals surface area contributed by atoms with E-state index in [1.807, 2.05) is 43.0 Å². The van der Waals surface area contributed by atoms with Crippen molar-refractivity contribution in [2.75, 3.05) is 25.4 Å². The number of piperazine rings is 1. The molecule has 1 aliphatic rings. The van der Waals surface area contributed by atoms with Gasteiger partial charge >= 0.3 is 0 Å². The summed E-state index contributed by atoms with van der Waals surface area (Å²) in [5, 5.41) is 0. The number of aryl methyl sites for hydroxylation is 2. The second-order valence-corrected chi connectivity index (χ2v) is 8.06. The molecule has 6 heteroatoms. The van der Waals surface area contributed by atoms with Gasteiger partial charge in [-0.2, -0.15) is 0 Å². The number of carbonyl (C=O) groups is 1. The number of ether oxygens (including phenoxy) is 1. The average Bonchev–Trinajstić information content (AvgIpc) is 2.67. The SMILES string of the molecule is Cc1cc(OCC(=O)N2C[C@@H](C)N(Cc3ccc(F)cc3)C[C@@H]2C)c(C)cc1N. The molecule has 0 bridgehead atoms. The largest absolute Gasteiger partial charge is 0.483 e. The molecular formula is C23H30FN3O2. The maximum absolute atomic E-state index is 13.1. The third kappa shape index (κ3) is 5.07. The summed E-state index contributed by atoms with van der Waals surface area (Å²) >= 11 is 0. The first-order chi connectivity index (χ1) is 13.7. The summed E-state index contributed by atoms with van der Waals surface area (Å²) in [6, 6.07) is 10.6. The van der Waals surface area contributed by atoms with Gasteiger partial charge in [-0.05, 0) is 68.7 Å². The zero-order valence-corrected chi connectivity index (χ0v) is 17.6. The molecular weight excluding hydrogens is 369 g/mol. The Balaban J connectivity index is 1.58. The van der Waals surface area contributed by atoms with Crippen LogP contribution in [0.4, 0.5) is 10.1 Å². The van der Waals surface area contributed by atoms with E-state index >= 15 is 0 Å². The minimum absolute atomic E-state index is 0.0131. The highest BCUT2D eigenvalue weighted by Crippen LogP contribution is 2.25. The van der Waals surface area contributed by atoms with Gasteiger partial charge in [0.15, 0.2) is 6.61 Å². The van der Waals surface area contributed by atoms with Crippen molar-refractivity contribution < 1.29 is 13.9 Å². The van der Waals surface area contributed by atoms with Crippen molar-refractivity contribution in [3.63, 3.8) is 0 Å². The Kier molecular flexibility index (Phi) is 6.42. The van der Waals surface area contributed by atoms with Gasteiger partial charge in [-0.25, -0.2) is 4.39 Å². The van der Waals surface area contributed by atoms with Gasteiger partial charge in [0, 0.05) is 37.4 Å². The van der Waals surface area contributed by atoms with Gasteiger partial charge in [0.05, 0.1) is 0 Å². The third-order valence-electron chi connectivity index (χ3n) is 5.65. The molecule has 156 valence electrons. The van der Waals surface area contributed by atoms with Crippen LogP contribution in [0.2, 0.25) is 0 Å². The summed E-state index contributed by atoms with van der Waals surface area (Å²) in [6.45, 7) is 10.2. The summed E-state index contributed by atoms with van der Waals surface area (Å²) in [4.78, 5) is 17.0. The molecule has 0 spiro atoms. The normalized spacial score (nSPS) is 20.0. The van der Waals surface area contributed by atoms with E-state index in [4.69, 9.17) is 10.5 Å². The Morgan fingerprint density at radius 2 is 1.79 bits per heavy atom. The topological polar surface area (TPSA) is 58.8 Å². The van der Waals surface area contributed by atoms with Gasteiger partial charge in [-0.15, -0.1) is 0 Å². The lowest BCUT2D eigenvalue weighted by Gasteiger charge is -2.44. The van der Waals surface area contributed by atoms with Crippen LogP contribution in [0.3, 0.4) is 0 Å². The number of carbonyl (C=O) groups excluding carboxylic acids is 1. The van der Waals surface area contributed by atoms with Crippen molar-refractivity contribution in [1.82, 2.24) is 9.80 Å². The molecule has 0 radical (unpaired) electrons. The van der Waals surface area contributed by atoms with Crippen molar-refractivity contribution in [2.45, 2.75) is 46.3 Å². The molecule has 1 fully saturated rings. The van der Waals surface area contributed by atoms with Crippen molar-refractivity contribution in [3.8, 4) is 5.75 Å². The van der Waals surface area contributed by atoms with Crippen molar-refractivity contribution in [2.24, 2.45) is 0 Å². The number of anilines is 1. The van der Waals surface area contributed by atoms with E-state index in [1.165, 1.54) is 12.1 Å². The Hall–Kier alpha value is -2.60. The number of rotatable bonds is 5. The number of hydrogen-bond donors (Lipinski definition) is 1. The van der Waals surface area contributed by atoms with Crippen LogP contribution >= 0.6 is 0 Å². The molecule has 0 saturated carbocycles. The molecule has 2 atom stereocenters. The van der Waals surface area contributed by atoms with Crippen molar-refractivity contribution in [3.05, 3.63) is 58.9 Å². The first-order valence-corrected chi connectivity index (χ1v) is 10.0. The molecule has 2 aromatic rings. The minimum Gasteiger partial charge on any atom is -0.483 e. The molecule has 1 aliphatic heterocycles. The molecule has 1 amide bonds. The molecule has 0 aromatic heterocycles. The van der Waals surface area contributed by atoms with E-state index in [1.54, 1.807) is 0 Å². The number of hydrogen-bond acceptors (Lipinski definition) is 4. The monoisotopic (exact) mass is 399 g/mol. The van der Waals surface area contributed by atoms with Crippen molar-refractivity contribution in [1.29, 1.82) is 0 Å². The van der Waals surface area contributed by atoms with Crippen LogP contribution in [0, 0.1) is 19.7 Å². The van der Waals surface area contributed by atoms with E-state index in [-0.39, 0.29) is 30.4 Å². The van der Waals surface area contributed by atoms with Gasteiger partial charge in [0.25, 0.3) is 5.91 Å². The van der Waals surface area contributed by atoms with Crippen LogP contribution in [0.15, 0.2) is 36.4 Å². The molecule has 29 heavy (non-hydrogen) atoms. The highest BCUT2D eigenvalue weighted by atomic mass is 19.1. The van der Waals surface area contributed by atoms with Crippen LogP contribution in [-0.4, -0.2) is 47.5 Å². The minimum atomic E-state index is -0.225. The van der Waals surface area contributed by atoms with E-state index in [9.17, 15) is 9.18 Å². The van der Waals surface area contributed by atoms with Gasteiger partial charge < -0.3 is 15.4 Å². The predicted molar refractivity (Wildman–Crippen MR) is 113 cm³/mol. The zero-order chi connectivity index (χ0) is 21.1. The van der Waals surface area contributed by atoms with Crippen molar-refractivity contribution >= 4 is 11.6 Å². The number of benzene rings is 2. The maximum Gasteiger partial charge on any atom is 0.260 e. The quantitative estimate of drug-likeness (QED) is 0.782. The van der Waals surface area contributed by atoms with E-state index in [0.717, 1.165) is 35.5 Å². The standard InChI is InChI=1S/C23H30FN3O2/c1-15-10-22(16(2)9-21(15)25)29-14-23(28)27-12-17(3)26(11-18(27)4)13-19-5-7-20(24)8-6-19/h5-10,17-18H,11-14,25H2,1-4H3/t17-,18+/m1/s1. The molecule has 0 unspecified atom stereocenters. The number of nitrogens with zero attached hydrogens (tertiary/aromatic N) is 2. The van der Waals surface area contributed by atoms with Crippen LogP contribution < -0.4 is 10.5 Å². The van der Waals surface area contributed by atoms with Crippen LogP contribution in [0.5, 0.6) is 5.75 Å². The second kappa shape index (κ2) is 8.82. The molecule has 0 aliphatic carbocycles. The average molecular weight is 400 g/mol. The summed E-state index contributed by atoms with van der Waals surface area (Å²) in [7, 11) is 0. The van der Waals surface area contributed by atoms with Gasteiger partial charge in [-0.1, -0.05) is 12.1 Å². The van der Waals surface area contributed by atoms with Gasteiger partial charge in [0.2, 0.25) is 0 Å². The highest BCUT2D eigenvalue weighted by Gasteiger charge is 2.32. The lowest BCUT2D eigenvalue weighted by atomic mass is 10.1. The van der Waals surface area contributed by atoms with Gasteiger partial charge in [-0.3, -0.25) is 9.69 Å². The molecule has 2 N–H and O–H groups in total. The predicted octanol–water partition coefficient (Wildman–Crippen LogP) is 3.52. The second-order valence-electron chi connectivity index (χ2n) is 8.06. The van der Waals surface area contributed by atoms with Gasteiger partial charge in [0.1, 0.15) is 11.6 Å². The zero-order valence-electron chi connectivity index (χ0n) is 17.6. The number of nitrogens with two attached hydrogens (primary N) is 1. The lowest BCUT2D eigenvalue weighted by Crippen LogP contribution is -2.58. The van der Waals surface area contributed by atoms with Crippen LogP contribution in [0.1, 0.15) is 30.5 Å². The van der Waals surface area contributed by atoms with Crippen LogP contribution in [-0.2, 0) is 11.3 Å². The summed E-state index contributed by atoms with van der Waals surface area (Å²) in [6.07, 6.45) is 0. The summed E-state index contributed by atoms with van der Waals surface area (Å²) in [5.74, 6) is 0.456. The summed E-state index contributed by atoms with van der Waals surface area (Å²) < 4.78 is 18.9. The van der Waals surface area contributed by atoms with Crippen LogP contribution in [0.25, 0.3) is 0 Å². The van der Waals surface area contributed by atoms with E-state index < -0.39 is 0 Å². The molecule has 2 aromatic carbocycles. The Labute approximate surface area is 172 Å². The fourth-order valence-electron chi connectivity index (χ4n) is 3.78. The molecule has 1 heterocycles. The fraction of sp³-hybridized carbons (Fsp3) is 0.435. The first kappa shape index (κ1) is 21.1. The maximum atomic E-state index is 13.1. The fourth-order valence-corrected chi connectivity index (χ4v) is 3.78. The highest BCUT2D eigenvalue weighted by molar-refractivity contribution is 5.78. The lowest BCUT2D eigenvalue weighted by molar-refractivity contribution is -0.139. The number of halogens is 1. The molecule has 1 saturated heterocycles.